The van der Waals surface area contributed by atoms with E-state index in [2.05, 4.69) is 58.0 Å². The molecule has 0 radical (unpaired) electrons. The van der Waals surface area contributed by atoms with Crippen LogP contribution < -0.4 is 5.73 Å². The number of hydrogen-bond acceptors (Lipinski definition) is 1. The summed E-state index contributed by atoms with van der Waals surface area (Å²) in [6.45, 7) is 9.54. The van der Waals surface area contributed by atoms with Gasteiger partial charge in [-0.25, -0.2) is 0 Å². The molecule has 0 heterocycles. The van der Waals surface area contributed by atoms with E-state index in [0.717, 1.165) is 19.3 Å². The van der Waals surface area contributed by atoms with Crippen LogP contribution in [0.1, 0.15) is 48.6 Å². The van der Waals surface area contributed by atoms with E-state index in [1.165, 1.54) is 38.9 Å². The van der Waals surface area contributed by atoms with Crippen molar-refractivity contribution in [2.45, 2.75) is 53.5 Å². The predicted octanol–water partition coefficient (Wildman–Crippen LogP) is 4.81. The Hall–Kier alpha value is -1.60. The minimum Gasteiger partial charge on any atom is -0.326 e. The molecule has 0 aromatic heterocycles. The maximum atomic E-state index is 5.76. The normalized spacial score (nSPS) is 10.9. The van der Waals surface area contributed by atoms with Crippen molar-refractivity contribution in [2.24, 2.45) is 5.73 Å². The lowest BCUT2D eigenvalue weighted by atomic mass is 9.87. The highest BCUT2D eigenvalue weighted by Gasteiger charge is 2.13. The molecule has 1 nitrogen and oxygen atoms in total. The first kappa shape index (κ1) is 15.8. The van der Waals surface area contributed by atoms with Gasteiger partial charge < -0.3 is 5.73 Å². The summed E-state index contributed by atoms with van der Waals surface area (Å²) in [4.78, 5) is 0. The Morgan fingerprint density at radius 3 is 1.86 bits per heavy atom. The molecule has 0 aliphatic carbocycles. The maximum Gasteiger partial charge on any atom is 0.0178 e. The second kappa shape index (κ2) is 6.91. The Balaban J connectivity index is 2.67. The van der Waals surface area contributed by atoms with Crippen molar-refractivity contribution in [1.82, 2.24) is 0 Å². The van der Waals surface area contributed by atoms with E-state index in [1.807, 2.05) is 0 Å². The summed E-state index contributed by atoms with van der Waals surface area (Å²) >= 11 is 0. The number of benzene rings is 2. The standard InChI is InChI=1S/C20H27N/c1-5-15-11-17(6-2)20(18(7-3)12-15)19-9-8-16(13-21)10-14(19)4/h8-12H,5-7,13,21H2,1-4H3. The zero-order valence-electron chi connectivity index (χ0n) is 13.8. The minimum atomic E-state index is 0.608. The van der Waals surface area contributed by atoms with Crippen molar-refractivity contribution in [1.29, 1.82) is 0 Å². The van der Waals surface area contributed by atoms with E-state index in [4.69, 9.17) is 5.73 Å². The Kier molecular flexibility index (Phi) is 5.19. The SMILES string of the molecule is CCc1cc(CC)c(-c2ccc(CN)cc2C)c(CC)c1. The summed E-state index contributed by atoms with van der Waals surface area (Å²) in [5.41, 5.74) is 15.5. The molecule has 0 atom stereocenters. The molecule has 0 bridgehead atoms. The summed E-state index contributed by atoms with van der Waals surface area (Å²) in [6.07, 6.45) is 3.26. The maximum absolute atomic E-state index is 5.76. The molecular formula is C20H27N. The van der Waals surface area contributed by atoms with Gasteiger partial charge in [-0.3, -0.25) is 0 Å². The molecule has 0 aliphatic heterocycles. The van der Waals surface area contributed by atoms with Crippen molar-refractivity contribution in [3.8, 4) is 11.1 Å². The van der Waals surface area contributed by atoms with Crippen LogP contribution in [0.3, 0.4) is 0 Å². The third-order valence-electron chi connectivity index (χ3n) is 4.33. The lowest BCUT2D eigenvalue weighted by Gasteiger charge is -2.18. The second-order valence-electron chi connectivity index (χ2n) is 5.70. The molecule has 2 aromatic carbocycles. The summed E-state index contributed by atoms with van der Waals surface area (Å²) in [7, 11) is 0. The van der Waals surface area contributed by atoms with Crippen LogP contribution >= 0.6 is 0 Å². The summed E-state index contributed by atoms with van der Waals surface area (Å²) in [5, 5.41) is 0. The van der Waals surface area contributed by atoms with Crippen LogP contribution in [-0.4, -0.2) is 0 Å². The minimum absolute atomic E-state index is 0.608. The van der Waals surface area contributed by atoms with E-state index >= 15 is 0 Å². The van der Waals surface area contributed by atoms with Gasteiger partial charge in [-0.1, -0.05) is 51.1 Å². The molecule has 0 spiro atoms. The van der Waals surface area contributed by atoms with E-state index < -0.39 is 0 Å². The van der Waals surface area contributed by atoms with E-state index in [1.54, 1.807) is 0 Å². The van der Waals surface area contributed by atoms with Gasteiger partial charge in [0.05, 0.1) is 0 Å². The molecule has 0 fully saturated rings. The van der Waals surface area contributed by atoms with Crippen molar-refractivity contribution in [3.05, 3.63) is 58.1 Å². The van der Waals surface area contributed by atoms with E-state index in [-0.39, 0.29) is 0 Å². The average Bonchev–Trinajstić information content (AvgIpc) is 2.53. The van der Waals surface area contributed by atoms with Crippen LogP contribution in [0.25, 0.3) is 11.1 Å². The molecule has 21 heavy (non-hydrogen) atoms. The Morgan fingerprint density at radius 1 is 0.810 bits per heavy atom. The molecule has 2 aromatic rings. The zero-order valence-corrected chi connectivity index (χ0v) is 13.8. The van der Waals surface area contributed by atoms with E-state index in [9.17, 15) is 0 Å². The molecule has 0 saturated carbocycles. The lowest BCUT2D eigenvalue weighted by Crippen LogP contribution is -2.01. The largest absolute Gasteiger partial charge is 0.326 e. The van der Waals surface area contributed by atoms with Crippen LogP contribution in [0.2, 0.25) is 0 Å². The quantitative estimate of drug-likeness (QED) is 0.836. The van der Waals surface area contributed by atoms with Crippen LogP contribution in [0.5, 0.6) is 0 Å². The van der Waals surface area contributed by atoms with Gasteiger partial charge >= 0.3 is 0 Å². The average molecular weight is 281 g/mol. The third-order valence-corrected chi connectivity index (χ3v) is 4.33. The zero-order chi connectivity index (χ0) is 15.4. The van der Waals surface area contributed by atoms with Crippen molar-refractivity contribution in [2.75, 3.05) is 0 Å². The fraction of sp³-hybridized carbons (Fsp3) is 0.400. The van der Waals surface area contributed by atoms with Crippen LogP contribution in [-0.2, 0) is 25.8 Å². The monoisotopic (exact) mass is 281 g/mol. The van der Waals surface area contributed by atoms with Gasteiger partial charge in [0.2, 0.25) is 0 Å². The first-order chi connectivity index (χ1) is 10.1. The van der Waals surface area contributed by atoms with E-state index in [0.29, 0.717) is 6.54 Å². The highest BCUT2D eigenvalue weighted by atomic mass is 14.5. The van der Waals surface area contributed by atoms with Crippen molar-refractivity contribution >= 4 is 0 Å². The van der Waals surface area contributed by atoms with Crippen LogP contribution in [0.4, 0.5) is 0 Å². The molecule has 0 saturated heterocycles. The molecule has 1 heteroatoms. The van der Waals surface area contributed by atoms with Gasteiger partial charge in [0.1, 0.15) is 0 Å². The predicted molar refractivity (Wildman–Crippen MR) is 92.6 cm³/mol. The van der Waals surface area contributed by atoms with Crippen molar-refractivity contribution in [3.63, 3.8) is 0 Å². The van der Waals surface area contributed by atoms with Gasteiger partial charge in [0, 0.05) is 6.54 Å². The fourth-order valence-corrected chi connectivity index (χ4v) is 3.08. The molecule has 0 aliphatic rings. The number of aryl methyl sites for hydroxylation is 4. The number of nitrogens with two attached hydrogens (primary N) is 1. The molecule has 2 rings (SSSR count). The molecule has 112 valence electrons. The summed E-state index contributed by atoms with van der Waals surface area (Å²) in [5.74, 6) is 0. The lowest BCUT2D eigenvalue weighted by molar-refractivity contribution is 1.04. The highest BCUT2D eigenvalue weighted by Crippen LogP contribution is 2.33. The first-order valence-corrected chi connectivity index (χ1v) is 8.09. The molecule has 2 N–H and O–H groups in total. The van der Waals surface area contributed by atoms with Gasteiger partial charge in [-0.15, -0.1) is 0 Å². The fourth-order valence-electron chi connectivity index (χ4n) is 3.08. The van der Waals surface area contributed by atoms with Gasteiger partial charge in [0.25, 0.3) is 0 Å². The molecular weight excluding hydrogens is 254 g/mol. The molecule has 0 amide bonds. The Morgan fingerprint density at radius 2 is 1.43 bits per heavy atom. The number of hydrogen-bond donors (Lipinski definition) is 1. The van der Waals surface area contributed by atoms with Crippen LogP contribution in [0.15, 0.2) is 30.3 Å². The Labute approximate surface area is 129 Å². The van der Waals surface area contributed by atoms with Crippen LogP contribution in [0, 0.1) is 6.92 Å². The highest BCUT2D eigenvalue weighted by molar-refractivity contribution is 5.75. The summed E-state index contributed by atoms with van der Waals surface area (Å²) in [6, 6.07) is 11.4. The topological polar surface area (TPSA) is 26.0 Å². The third kappa shape index (κ3) is 3.19. The number of rotatable bonds is 5. The first-order valence-electron chi connectivity index (χ1n) is 8.09. The Bertz CT molecular complexity index is 601. The second-order valence-corrected chi connectivity index (χ2v) is 5.70. The van der Waals surface area contributed by atoms with Gasteiger partial charge in [-0.2, -0.15) is 0 Å². The van der Waals surface area contributed by atoms with Crippen molar-refractivity contribution < 1.29 is 0 Å². The summed E-state index contributed by atoms with van der Waals surface area (Å²) < 4.78 is 0. The van der Waals surface area contributed by atoms with Gasteiger partial charge in [-0.05, 0) is 65.1 Å². The van der Waals surface area contributed by atoms with Gasteiger partial charge in [0.15, 0.2) is 0 Å². The molecule has 0 unspecified atom stereocenters. The smallest absolute Gasteiger partial charge is 0.0178 e.